The summed E-state index contributed by atoms with van der Waals surface area (Å²) >= 11 is 4.07. The standard InChI is InChI=1S/C31H32N6O3S3/c1-5-41-31-35-30(43-36-31)34-27(38)20(2)42-25-17-13-23(14-18-25)32-29(40)26(33-28(39)22-9-7-6-8-10-22)19-21-11-15-24(16-12-21)37(3)4/h6-20H,5H2,1-4H3,(H,32,40)(H,33,39)(H,34,35,36,38)/b26-19-. The number of benzene rings is 3. The predicted molar refractivity (Wildman–Crippen MR) is 178 cm³/mol. The van der Waals surface area contributed by atoms with Gasteiger partial charge in [-0.05, 0) is 72.8 Å². The molecule has 0 saturated carbocycles. The van der Waals surface area contributed by atoms with Crippen molar-refractivity contribution in [3.8, 4) is 0 Å². The van der Waals surface area contributed by atoms with E-state index in [-0.39, 0.29) is 22.8 Å². The van der Waals surface area contributed by atoms with Crippen LogP contribution in [0.15, 0.2) is 94.6 Å². The van der Waals surface area contributed by atoms with Crippen LogP contribution >= 0.6 is 35.1 Å². The van der Waals surface area contributed by atoms with E-state index in [2.05, 4.69) is 25.3 Å². The van der Waals surface area contributed by atoms with Crippen molar-refractivity contribution in [3.63, 3.8) is 0 Å². The molecule has 0 aliphatic heterocycles. The molecule has 12 heteroatoms. The number of aromatic nitrogens is 2. The van der Waals surface area contributed by atoms with E-state index in [0.29, 0.717) is 21.5 Å². The molecule has 222 valence electrons. The van der Waals surface area contributed by atoms with Crippen molar-refractivity contribution < 1.29 is 14.4 Å². The highest BCUT2D eigenvalue weighted by Crippen LogP contribution is 2.27. The molecule has 3 aromatic carbocycles. The normalized spacial score (nSPS) is 11.9. The fourth-order valence-electron chi connectivity index (χ4n) is 3.71. The minimum Gasteiger partial charge on any atom is -0.378 e. The molecule has 3 amide bonds. The average molecular weight is 633 g/mol. The van der Waals surface area contributed by atoms with Crippen molar-refractivity contribution in [1.29, 1.82) is 0 Å². The Labute approximate surface area is 263 Å². The number of carbonyl (C=O) groups is 3. The summed E-state index contributed by atoms with van der Waals surface area (Å²) in [7, 11) is 3.90. The van der Waals surface area contributed by atoms with E-state index < -0.39 is 5.91 Å². The van der Waals surface area contributed by atoms with Crippen molar-refractivity contribution in [3.05, 3.63) is 95.7 Å². The van der Waals surface area contributed by atoms with Gasteiger partial charge in [-0.25, -0.2) is 0 Å². The van der Waals surface area contributed by atoms with E-state index >= 15 is 0 Å². The summed E-state index contributed by atoms with van der Waals surface area (Å²) in [5.41, 5.74) is 2.87. The third-order valence-corrected chi connectivity index (χ3v) is 8.54. The molecule has 0 bridgehead atoms. The third-order valence-electron chi connectivity index (χ3n) is 5.95. The highest BCUT2D eigenvalue weighted by molar-refractivity contribution is 8.00. The second-order valence-corrected chi connectivity index (χ2v) is 12.8. The molecule has 0 aliphatic carbocycles. The lowest BCUT2D eigenvalue weighted by atomic mass is 10.1. The van der Waals surface area contributed by atoms with Crippen molar-refractivity contribution >= 4 is 75.4 Å². The SMILES string of the molecule is CCSc1nsc(NC(=O)C(C)Sc2ccc(NC(=O)/C(=C/c3ccc(N(C)C)cc3)NC(=O)c3ccccc3)cc2)n1. The summed E-state index contributed by atoms with van der Waals surface area (Å²) in [5.74, 6) is -0.168. The summed E-state index contributed by atoms with van der Waals surface area (Å²) in [5, 5.41) is 9.19. The van der Waals surface area contributed by atoms with Gasteiger partial charge in [0.15, 0.2) is 0 Å². The van der Waals surface area contributed by atoms with Crippen molar-refractivity contribution in [2.75, 3.05) is 35.4 Å². The Balaban J connectivity index is 1.42. The third kappa shape index (κ3) is 9.43. The molecule has 1 aromatic heterocycles. The first-order chi connectivity index (χ1) is 20.7. The summed E-state index contributed by atoms with van der Waals surface area (Å²) in [6.45, 7) is 3.83. The van der Waals surface area contributed by atoms with E-state index in [9.17, 15) is 14.4 Å². The van der Waals surface area contributed by atoms with Crippen LogP contribution in [0.4, 0.5) is 16.5 Å². The zero-order valence-electron chi connectivity index (χ0n) is 24.2. The van der Waals surface area contributed by atoms with Crippen LogP contribution < -0.4 is 20.9 Å². The molecule has 0 spiro atoms. The highest BCUT2D eigenvalue weighted by Gasteiger charge is 2.18. The monoisotopic (exact) mass is 632 g/mol. The summed E-state index contributed by atoms with van der Waals surface area (Å²) in [4.78, 5) is 46.1. The first kappa shape index (κ1) is 31.8. The van der Waals surface area contributed by atoms with Crippen LogP contribution in [0.25, 0.3) is 6.08 Å². The molecule has 9 nitrogen and oxygen atoms in total. The van der Waals surface area contributed by atoms with Gasteiger partial charge in [-0.2, -0.15) is 9.36 Å². The van der Waals surface area contributed by atoms with Gasteiger partial charge >= 0.3 is 0 Å². The summed E-state index contributed by atoms with van der Waals surface area (Å²) < 4.78 is 4.22. The van der Waals surface area contributed by atoms with E-state index in [1.54, 1.807) is 42.5 Å². The Bertz CT molecular complexity index is 1570. The number of rotatable bonds is 12. The largest absolute Gasteiger partial charge is 0.378 e. The second kappa shape index (κ2) is 15.4. The van der Waals surface area contributed by atoms with Gasteiger partial charge in [0.05, 0.1) is 5.25 Å². The Morgan fingerprint density at radius 3 is 2.30 bits per heavy atom. The Morgan fingerprint density at radius 1 is 0.953 bits per heavy atom. The quantitative estimate of drug-likeness (QED) is 0.124. The minimum absolute atomic E-state index is 0.104. The van der Waals surface area contributed by atoms with Gasteiger partial charge in [0.1, 0.15) is 5.70 Å². The molecule has 0 aliphatic rings. The molecule has 0 radical (unpaired) electrons. The number of carbonyl (C=O) groups excluding carboxylic acids is 3. The molecular weight excluding hydrogens is 601 g/mol. The topological polar surface area (TPSA) is 116 Å². The Morgan fingerprint density at radius 2 is 1.65 bits per heavy atom. The lowest BCUT2D eigenvalue weighted by Crippen LogP contribution is -2.30. The van der Waals surface area contributed by atoms with Crippen molar-refractivity contribution in [2.24, 2.45) is 0 Å². The van der Waals surface area contributed by atoms with Gasteiger partial charge in [-0.3, -0.25) is 19.7 Å². The minimum atomic E-state index is -0.466. The molecule has 43 heavy (non-hydrogen) atoms. The molecule has 0 fully saturated rings. The van der Waals surface area contributed by atoms with Gasteiger partial charge in [-0.15, -0.1) is 11.8 Å². The number of nitrogens with one attached hydrogen (secondary N) is 3. The number of nitrogens with zero attached hydrogens (tertiary/aromatic N) is 3. The first-order valence-electron chi connectivity index (χ1n) is 13.4. The van der Waals surface area contributed by atoms with Crippen molar-refractivity contribution in [1.82, 2.24) is 14.7 Å². The lowest BCUT2D eigenvalue weighted by molar-refractivity contribution is -0.115. The second-order valence-electron chi connectivity index (χ2n) is 9.41. The van der Waals surface area contributed by atoms with Gasteiger partial charge < -0.3 is 15.5 Å². The summed E-state index contributed by atoms with van der Waals surface area (Å²) in [6, 6.07) is 23.5. The van der Waals surface area contributed by atoms with Gasteiger partial charge in [-0.1, -0.05) is 49.0 Å². The maximum atomic E-state index is 13.4. The number of anilines is 3. The van der Waals surface area contributed by atoms with Gasteiger partial charge in [0, 0.05) is 47.5 Å². The number of hydrogen-bond acceptors (Lipinski definition) is 9. The molecule has 4 rings (SSSR count). The fourth-order valence-corrected chi connectivity index (χ4v) is 5.85. The molecule has 1 heterocycles. The number of hydrogen-bond donors (Lipinski definition) is 3. The van der Waals surface area contributed by atoms with Crippen LogP contribution in [0.5, 0.6) is 0 Å². The molecule has 4 aromatic rings. The Hall–Kier alpha value is -4.13. The smallest absolute Gasteiger partial charge is 0.272 e. The van der Waals surface area contributed by atoms with Crippen molar-refractivity contribution in [2.45, 2.75) is 29.1 Å². The van der Waals surface area contributed by atoms with Crippen LogP contribution in [0.1, 0.15) is 29.8 Å². The maximum absolute atomic E-state index is 13.4. The highest BCUT2D eigenvalue weighted by atomic mass is 32.2. The first-order valence-corrected chi connectivity index (χ1v) is 16.1. The zero-order chi connectivity index (χ0) is 30.8. The molecule has 1 unspecified atom stereocenters. The van der Waals surface area contributed by atoms with Crippen LogP contribution in [-0.4, -0.2) is 52.2 Å². The molecule has 0 saturated heterocycles. The van der Waals surface area contributed by atoms with Crippen LogP contribution in [0.3, 0.4) is 0 Å². The average Bonchev–Trinajstić information content (AvgIpc) is 3.45. The van der Waals surface area contributed by atoms with Crippen LogP contribution in [-0.2, 0) is 9.59 Å². The molecular formula is C31H32N6O3S3. The van der Waals surface area contributed by atoms with Crippen LogP contribution in [0, 0.1) is 0 Å². The molecule has 3 N–H and O–H groups in total. The Kier molecular flexibility index (Phi) is 11.4. The maximum Gasteiger partial charge on any atom is 0.272 e. The zero-order valence-corrected chi connectivity index (χ0v) is 26.6. The lowest BCUT2D eigenvalue weighted by Gasteiger charge is -2.14. The van der Waals surface area contributed by atoms with E-state index in [4.69, 9.17) is 0 Å². The number of amides is 3. The van der Waals surface area contributed by atoms with E-state index in [1.807, 2.05) is 75.3 Å². The van der Waals surface area contributed by atoms with E-state index in [0.717, 1.165) is 33.4 Å². The van der Waals surface area contributed by atoms with Crippen LogP contribution in [0.2, 0.25) is 0 Å². The summed E-state index contributed by atoms with van der Waals surface area (Å²) in [6.07, 6.45) is 1.64. The fraction of sp³-hybridized carbons (Fsp3) is 0.194. The predicted octanol–water partition coefficient (Wildman–Crippen LogP) is 6.25. The molecule has 1 atom stereocenters. The number of thioether (sulfide) groups is 2. The van der Waals surface area contributed by atoms with Gasteiger partial charge in [0.25, 0.3) is 11.8 Å². The van der Waals surface area contributed by atoms with E-state index in [1.165, 1.54) is 23.5 Å². The van der Waals surface area contributed by atoms with Gasteiger partial charge in [0.2, 0.25) is 16.2 Å².